The van der Waals surface area contributed by atoms with Crippen LogP contribution in [0.15, 0.2) is 69.8 Å². The van der Waals surface area contributed by atoms with Crippen molar-refractivity contribution in [2.24, 2.45) is 11.3 Å². The second-order valence-corrected chi connectivity index (χ2v) is 15.7. The minimum atomic E-state index is -1.00. The van der Waals surface area contributed by atoms with Crippen LogP contribution in [-0.4, -0.2) is 46.9 Å². The molecule has 0 saturated carbocycles. The maximum atomic E-state index is 14.1. The molecule has 4 aliphatic heterocycles. The molecule has 0 fully saturated rings. The van der Waals surface area contributed by atoms with Crippen LogP contribution in [0.1, 0.15) is 120 Å². The summed E-state index contributed by atoms with van der Waals surface area (Å²) in [5.41, 5.74) is 2.22. The third-order valence-corrected chi connectivity index (χ3v) is 10.3. The smallest absolute Gasteiger partial charge is 0.331 e. The van der Waals surface area contributed by atoms with Crippen molar-refractivity contribution in [1.29, 1.82) is 0 Å². The molecule has 0 amide bonds. The second-order valence-electron chi connectivity index (χ2n) is 15.7. The fraction of sp³-hybridized carbons (Fsp3) is 0.600. The van der Waals surface area contributed by atoms with E-state index in [9.17, 15) is 19.2 Å². The fourth-order valence-corrected chi connectivity index (χ4v) is 7.98. The van der Waals surface area contributed by atoms with Crippen LogP contribution in [0.2, 0.25) is 0 Å². The zero-order valence-electron chi connectivity index (χ0n) is 30.0. The van der Waals surface area contributed by atoms with Crippen molar-refractivity contribution in [2.75, 3.05) is 0 Å². The first-order valence-electron chi connectivity index (χ1n) is 17.5. The zero-order valence-corrected chi connectivity index (χ0v) is 30.0. The lowest BCUT2D eigenvalue weighted by atomic mass is 9.62. The average molecular weight is 661 g/mol. The summed E-state index contributed by atoms with van der Waals surface area (Å²) in [6.07, 6.45) is 15.9. The van der Waals surface area contributed by atoms with Crippen molar-refractivity contribution in [3.05, 3.63) is 69.8 Å². The number of esters is 2. The van der Waals surface area contributed by atoms with Gasteiger partial charge in [-0.05, 0) is 118 Å². The topological polar surface area (TPSA) is 105 Å². The molecule has 0 aromatic rings. The van der Waals surface area contributed by atoms with Gasteiger partial charge in [0.15, 0.2) is 11.2 Å². The van der Waals surface area contributed by atoms with Gasteiger partial charge in [-0.25, -0.2) is 9.59 Å². The van der Waals surface area contributed by atoms with Gasteiger partial charge in [0.25, 0.3) is 0 Å². The summed E-state index contributed by atoms with van der Waals surface area (Å²) < 4.78 is 23.9. The van der Waals surface area contributed by atoms with Gasteiger partial charge in [-0.15, -0.1) is 0 Å². The monoisotopic (exact) mass is 660 g/mol. The van der Waals surface area contributed by atoms with Crippen molar-refractivity contribution in [3.63, 3.8) is 0 Å². The quantitative estimate of drug-likeness (QED) is 0.162. The first-order valence-corrected chi connectivity index (χ1v) is 17.5. The Balaban J connectivity index is 1.37. The number of carbonyl (C=O) groups excluding carboxylic acids is 4. The van der Waals surface area contributed by atoms with Gasteiger partial charge in [-0.3, -0.25) is 9.59 Å². The molecule has 260 valence electrons. The average Bonchev–Trinajstić information content (AvgIpc) is 3.36. The van der Waals surface area contributed by atoms with Crippen LogP contribution in [0.25, 0.3) is 0 Å². The SMILES string of the molecule is CC(=C[C@@H]1CC(C)=CC(=O)O1)CCC[C@@H]1CC2=C(C(=O)C(C)(C)O2)[C@](CCC/C(C)=C/[C@@H]2CC(C)=CC(=O)O2)(C2=CC(=O)C(C)(C)O2)C1. The van der Waals surface area contributed by atoms with E-state index in [-0.39, 0.29) is 41.6 Å². The summed E-state index contributed by atoms with van der Waals surface area (Å²) in [5.74, 6) is 0.791. The van der Waals surface area contributed by atoms with E-state index in [4.69, 9.17) is 18.9 Å². The number of Topliss-reactive ketones (excluding diaryl/α,β-unsaturated/α-hetero) is 1. The predicted molar refractivity (Wildman–Crippen MR) is 182 cm³/mol. The van der Waals surface area contributed by atoms with Gasteiger partial charge >= 0.3 is 11.9 Å². The number of hydrogen-bond donors (Lipinski definition) is 0. The van der Waals surface area contributed by atoms with E-state index < -0.39 is 16.6 Å². The van der Waals surface area contributed by atoms with Gasteiger partial charge in [-0.1, -0.05) is 22.3 Å². The molecule has 1 aliphatic carbocycles. The Hall–Kier alpha value is -3.68. The van der Waals surface area contributed by atoms with Crippen molar-refractivity contribution in [3.8, 4) is 0 Å². The number of ketones is 2. The number of allylic oxidation sites excluding steroid dienone is 4. The van der Waals surface area contributed by atoms with Crippen LogP contribution >= 0.6 is 0 Å². The van der Waals surface area contributed by atoms with Crippen LogP contribution in [-0.2, 0) is 38.1 Å². The van der Waals surface area contributed by atoms with Crippen LogP contribution in [0.3, 0.4) is 0 Å². The highest BCUT2D eigenvalue weighted by molar-refractivity contribution is 6.06. The Morgan fingerprint density at radius 3 is 1.85 bits per heavy atom. The van der Waals surface area contributed by atoms with E-state index >= 15 is 0 Å². The van der Waals surface area contributed by atoms with Gasteiger partial charge in [0.05, 0.1) is 11.0 Å². The number of hydrogen-bond acceptors (Lipinski definition) is 8. The molecule has 4 atom stereocenters. The zero-order chi connectivity index (χ0) is 35.0. The number of rotatable bonds is 11. The molecule has 0 aromatic carbocycles. The van der Waals surface area contributed by atoms with Gasteiger partial charge in [0.1, 0.15) is 23.7 Å². The summed E-state index contributed by atoms with van der Waals surface area (Å²) in [6, 6.07) is 0. The second kappa shape index (κ2) is 13.7. The van der Waals surface area contributed by atoms with E-state index in [2.05, 4.69) is 19.9 Å². The molecule has 0 radical (unpaired) electrons. The highest BCUT2D eigenvalue weighted by Crippen LogP contribution is 2.59. The first kappa shape index (κ1) is 35.6. The molecule has 5 aliphatic rings. The molecular weight excluding hydrogens is 608 g/mol. The Kier molecular flexibility index (Phi) is 10.1. The van der Waals surface area contributed by atoms with Gasteiger partial charge in [0, 0.05) is 37.5 Å². The molecule has 0 N–H and O–H groups in total. The molecule has 8 heteroatoms. The standard InChI is InChI=1S/C40H52O8/c1-24(15-29-17-26(3)19-34(42)45-29)11-9-13-28-21-31-36(37(44)39(7,8)47-31)40(23-28,33-22-32(41)38(5,6)48-33)14-10-12-25(2)16-30-18-27(4)20-35(43)46-30/h15-16,19-20,22,28-30H,9-14,17-18,21,23H2,1-8H3/b24-15?,25-16+/t28-,29-,30-,40+/m1/s1. The lowest BCUT2D eigenvalue weighted by Crippen LogP contribution is -2.40. The summed E-state index contributed by atoms with van der Waals surface area (Å²) in [7, 11) is 0. The third kappa shape index (κ3) is 7.79. The highest BCUT2D eigenvalue weighted by atomic mass is 16.5. The molecule has 0 unspecified atom stereocenters. The van der Waals surface area contributed by atoms with Crippen molar-refractivity contribution >= 4 is 23.5 Å². The Morgan fingerprint density at radius 1 is 0.771 bits per heavy atom. The van der Waals surface area contributed by atoms with Crippen molar-refractivity contribution < 1.29 is 38.1 Å². The summed E-state index contributed by atoms with van der Waals surface area (Å²) in [6.45, 7) is 15.2. The molecule has 5 rings (SSSR count). The lowest BCUT2D eigenvalue weighted by Gasteiger charge is -2.42. The molecule has 4 heterocycles. The van der Waals surface area contributed by atoms with Crippen molar-refractivity contribution in [2.45, 2.75) is 143 Å². The first-order chi connectivity index (χ1) is 22.5. The molecule has 0 bridgehead atoms. The molecule has 48 heavy (non-hydrogen) atoms. The molecule has 8 nitrogen and oxygen atoms in total. The number of ether oxygens (including phenoxy) is 4. The number of carbonyl (C=O) groups is 4. The third-order valence-electron chi connectivity index (χ3n) is 10.3. The largest absolute Gasteiger partial charge is 0.484 e. The highest BCUT2D eigenvalue weighted by Gasteiger charge is 2.58. The van der Waals surface area contributed by atoms with Gasteiger partial charge in [0.2, 0.25) is 11.6 Å². The minimum absolute atomic E-state index is 0.0357. The van der Waals surface area contributed by atoms with E-state index in [0.29, 0.717) is 43.4 Å². The summed E-state index contributed by atoms with van der Waals surface area (Å²) in [5, 5.41) is 0. The van der Waals surface area contributed by atoms with Gasteiger partial charge < -0.3 is 18.9 Å². The Morgan fingerprint density at radius 2 is 1.33 bits per heavy atom. The molecule has 0 spiro atoms. The van der Waals surface area contributed by atoms with E-state index in [0.717, 1.165) is 54.6 Å². The molecular formula is C40H52O8. The van der Waals surface area contributed by atoms with E-state index in [1.807, 2.05) is 33.8 Å². The van der Waals surface area contributed by atoms with Gasteiger partial charge in [-0.2, -0.15) is 0 Å². The lowest BCUT2D eigenvalue weighted by molar-refractivity contribution is -0.143. The molecule has 0 aromatic heterocycles. The van der Waals surface area contributed by atoms with Crippen LogP contribution in [0.5, 0.6) is 0 Å². The number of cyclic esters (lactones) is 2. The molecule has 0 saturated heterocycles. The van der Waals surface area contributed by atoms with Crippen LogP contribution < -0.4 is 0 Å². The Labute approximate surface area is 285 Å². The predicted octanol–water partition coefficient (Wildman–Crippen LogP) is 8.03. The van der Waals surface area contributed by atoms with E-state index in [1.165, 1.54) is 11.6 Å². The Bertz CT molecular complexity index is 1560. The minimum Gasteiger partial charge on any atom is -0.484 e. The van der Waals surface area contributed by atoms with Crippen LogP contribution in [0.4, 0.5) is 0 Å². The normalized spacial score (nSPS) is 30.2. The van der Waals surface area contributed by atoms with E-state index in [1.54, 1.807) is 26.0 Å². The summed E-state index contributed by atoms with van der Waals surface area (Å²) in [4.78, 5) is 51.1. The fourth-order valence-electron chi connectivity index (χ4n) is 7.98. The maximum absolute atomic E-state index is 14.1. The van der Waals surface area contributed by atoms with Crippen molar-refractivity contribution in [1.82, 2.24) is 0 Å². The van der Waals surface area contributed by atoms with Crippen LogP contribution in [0, 0.1) is 11.3 Å². The maximum Gasteiger partial charge on any atom is 0.331 e. The summed E-state index contributed by atoms with van der Waals surface area (Å²) >= 11 is 0.